The van der Waals surface area contributed by atoms with E-state index in [9.17, 15) is 4.39 Å². The molecule has 0 radical (unpaired) electrons. The van der Waals surface area contributed by atoms with Crippen molar-refractivity contribution in [3.63, 3.8) is 0 Å². The van der Waals surface area contributed by atoms with E-state index in [1.54, 1.807) is 19.2 Å². The Morgan fingerprint density at radius 1 is 1.23 bits per heavy atom. The van der Waals surface area contributed by atoms with Crippen LogP contribution in [0.4, 0.5) is 10.1 Å². The third-order valence-corrected chi connectivity index (χ3v) is 5.56. The summed E-state index contributed by atoms with van der Waals surface area (Å²) < 4.78 is 24.4. The maximum absolute atomic E-state index is 13.7. The first-order chi connectivity index (χ1) is 14.5. The van der Waals surface area contributed by atoms with Crippen LogP contribution in [0, 0.1) is 12.7 Å². The first-order valence-electron chi connectivity index (χ1n) is 10.3. The van der Waals surface area contributed by atoms with Gasteiger partial charge in [-0.15, -0.1) is 0 Å². The largest absolute Gasteiger partial charge is 0.496 e. The van der Waals surface area contributed by atoms with Crippen molar-refractivity contribution in [1.82, 2.24) is 9.80 Å². The summed E-state index contributed by atoms with van der Waals surface area (Å²) in [6.07, 6.45) is 0.971. The molecule has 1 heterocycles. The molecule has 2 aromatic carbocycles. The van der Waals surface area contributed by atoms with E-state index in [2.05, 4.69) is 15.1 Å². The second-order valence-electron chi connectivity index (χ2n) is 7.47. The second kappa shape index (κ2) is 11.2. The predicted molar refractivity (Wildman–Crippen MR) is 123 cm³/mol. The zero-order valence-electron chi connectivity index (χ0n) is 17.7. The maximum Gasteiger partial charge on any atom is 0.173 e. The number of ether oxygens (including phenoxy) is 2. The molecule has 0 saturated carbocycles. The van der Waals surface area contributed by atoms with E-state index in [0.29, 0.717) is 11.7 Å². The molecule has 0 aromatic heterocycles. The summed E-state index contributed by atoms with van der Waals surface area (Å²) >= 11 is 5.72. The van der Waals surface area contributed by atoms with Gasteiger partial charge in [0, 0.05) is 38.4 Å². The average molecular weight is 432 g/mol. The molecule has 0 unspecified atom stereocenters. The molecule has 1 aliphatic rings. The van der Waals surface area contributed by atoms with Crippen molar-refractivity contribution < 1.29 is 13.9 Å². The van der Waals surface area contributed by atoms with Crippen LogP contribution in [0.2, 0.25) is 0 Å². The number of thiocarbonyl (C=S) groups is 1. The van der Waals surface area contributed by atoms with E-state index in [-0.39, 0.29) is 5.82 Å². The molecule has 1 aliphatic heterocycles. The Kier molecular flexibility index (Phi) is 8.42. The fraction of sp³-hybridized carbons (Fsp3) is 0.435. The monoisotopic (exact) mass is 431 g/mol. The summed E-state index contributed by atoms with van der Waals surface area (Å²) in [6, 6.07) is 12.6. The first-order valence-corrected chi connectivity index (χ1v) is 10.7. The zero-order chi connectivity index (χ0) is 21.3. The number of rotatable bonds is 8. The quantitative estimate of drug-likeness (QED) is 0.636. The van der Waals surface area contributed by atoms with E-state index in [4.69, 9.17) is 21.7 Å². The highest BCUT2D eigenvalue weighted by atomic mass is 32.1. The number of halogens is 1. The third kappa shape index (κ3) is 6.65. The van der Waals surface area contributed by atoms with Crippen LogP contribution < -0.4 is 10.1 Å². The predicted octanol–water partition coefficient (Wildman–Crippen LogP) is 4.06. The number of nitrogens with zero attached hydrogens (tertiary/aromatic N) is 2. The van der Waals surface area contributed by atoms with Gasteiger partial charge in [0.05, 0.1) is 20.3 Å². The van der Waals surface area contributed by atoms with Crippen LogP contribution in [0.15, 0.2) is 42.5 Å². The highest BCUT2D eigenvalue weighted by Gasteiger charge is 2.14. The van der Waals surface area contributed by atoms with E-state index in [0.717, 1.165) is 68.4 Å². The Labute approximate surface area is 183 Å². The van der Waals surface area contributed by atoms with Gasteiger partial charge in [-0.25, -0.2) is 4.39 Å². The molecule has 5 nitrogen and oxygen atoms in total. The van der Waals surface area contributed by atoms with E-state index in [1.807, 2.05) is 31.2 Å². The third-order valence-electron chi connectivity index (χ3n) is 5.20. The number of hydrogen-bond donors (Lipinski definition) is 1. The topological polar surface area (TPSA) is 37.0 Å². The summed E-state index contributed by atoms with van der Waals surface area (Å²) in [5.41, 5.74) is 2.85. The first kappa shape index (κ1) is 22.5. The summed E-state index contributed by atoms with van der Waals surface area (Å²) in [4.78, 5) is 4.51. The van der Waals surface area contributed by atoms with Crippen LogP contribution in [-0.2, 0) is 11.3 Å². The maximum atomic E-state index is 13.7. The SMILES string of the molecule is COc1ccc(NC(=S)N(CCCN2CCOCC2)Cc2cccc(F)c2)cc1C. The molecule has 1 fully saturated rings. The molecule has 1 N–H and O–H groups in total. The number of anilines is 1. The number of methoxy groups -OCH3 is 1. The van der Waals surface area contributed by atoms with Crippen molar-refractivity contribution >= 4 is 23.0 Å². The normalized spacial score (nSPS) is 14.4. The standard InChI is InChI=1S/C23H30FN3O2S/c1-18-15-21(7-8-22(18)28-2)25-23(30)27(17-19-5-3-6-20(24)16-19)10-4-9-26-11-13-29-14-12-26/h3,5-8,15-16H,4,9-14,17H2,1-2H3,(H,25,30). The number of morpholine rings is 1. The van der Waals surface area contributed by atoms with E-state index < -0.39 is 0 Å². The van der Waals surface area contributed by atoms with Crippen molar-refractivity contribution in [2.45, 2.75) is 19.9 Å². The molecular weight excluding hydrogens is 401 g/mol. The lowest BCUT2D eigenvalue weighted by molar-refractivity contribution is 0.0368. The van der Waals surface area contributed by atoms with Crippen LogP contribution in [-0.4, -0.2) is 61.4 Å². The molecular formula is C23H30FN3O2S. The Bertz CT molecular complexity index is 843. The van der Waals surface area contributed by atoms with Crippen LogP contribution >= 0.6 is 12.2 Å². The molecule has 30 heavy (non-hydrogen) atoms. The Morgan fingerprint density at radius 2 is 2.03 bits per heavy atom. The minimum Gasteiger partial charge on any atom is -0.496 e. The Morgan fingerprint density at radius 3 is 2.73 bits per heavy atom. The van der Waals surface area contributed by atoms with E-state index >= 15 is 0 Å². The Balaban J connectivity index is 1.65. The molecule has 0 aliphatic carbocycles. The van der Waals surface area contributed by atoms with Gasteiger partial charge in [0.2, 0.25) is 0 Å². The molecule has 0 amide bonds. The van der Waals surface area contributed by atoms with Gasteiger partial charge < -0.3 is 19.7 Å². The molecule has 0 bridgehead atoms. The lowest BCUT2D eigenvalue weighted by Gasteiger charge is -2.29. The van der Waals surface area contributed by atoms with Gasteiger partial charge in [-0.3, -0.25) is 4.90 Å². The summed E-state index contributed by atoms with van der Waals surface area (Å²) in [5.74, 6) is 0.610. The zero-order valence-corrected chi connectivity index (χ0v) is 18.5. The van der Waals surface area contributed by atoms with Gasteiger partial charge >= 0.3 is 0 Å². The van der Waals surface area contributed by atoms with E-state index in [1.165, 1.54) is 6.07 Å². The van der Waals surface area contributed by atoms with Gasteiger partial charge in [-0.2, -0.15) is 0 Å². The van der Waals surface area contributed by atoms with Gasteiger partial charge in [-0.05, 0) is 67.0 Å². The molecule has 0 atom stereocenters. The minimum absolute atomic E-state index is 0.231. The molecule has 7 heteroatoms. The lowest BCUT2D eigenvalue weighted by atomic mass is 10.2. The molecule has 3 rings (SSSR count). The number of benzene rings is 2. The van der Waals surface area contributed by atoms with Crippen molar-refractivity contribution in [2.24, 2.45) is 0 Å². The van der Waals surface area contributed by atoms with Gasteiger partial charge in [-0.1, -0.05) is 12.1 Å². The number of hydrogen-bond acceptors (Lipinski definition) is 4. The fourth-order valence-corrected chi connectivity index (χ4v) is 3.85. The minimum atomic E-state index is -0.231. The summed E-state index contributed by atoms with van der Waals surface area (Å²) in [6.45, 7) is 7.87. The van der Waals surface area contributed by atoms with Crippen LogP contribution in [0.25, 0.3) is 0 Å². The van der Waals surface area contributed by atoms with Crippen molar-refractivity contribution in [2.75, 3.05) is 51.8 Å². The van der Waals surface area contributed by atoms with Crippen LogP contribution in [0.5, 0.6) is 5.75 Å². The lowest BCUT2D eigenvalue weighted by Crippen LogP contribution is -2.40. The molecule has 1 saturated heterocycles. The number of nitrogens with one attached hydrogen (secondary N) is 1. The van der Waals surface area contributed by atoms with Crippen molar-refractivity contribution in [3.05, 3.63) is 59.4 Å². The highest BCUT2D eigenvalue weighted by molar-refractivity contribution is 7.80. The molecule has 0 spiro atoms. The Hall–Kier alpha value is -2.22. The van der Waals surface area contributed by atoms with Crippen LogP contribution in [0.3, 0.4) is 0 Å². The second-order valence-corrected chi connectivity index (χ2v) is 7.86. The summed E-state index contributed by atoms with van der Waals surface area (Å²) in [7, 11) is 1.66. The van der Waals surface area contributed by atoms with Crippen LogP contribution in [0.1, 0.15) is 17.5 Å². The smallest absolute Gasteiger partial charge is 0.173 e. The number of aryl methyl sites for hydroxylation is 1. The molecule has 2 aromatic rings. The van der Waals surface area contributed by atoms with Gasteiger partial charge in [0.1, 0.15) is 11.6 Å². The highest BCUT2D eigenvalue weighted by Crippen LogP contribution is 2.22. The van der Waals surface area contributed by atoms with Gasteiger partial charge in [0.25, 0.3) is 0 Å². The van der Waals surface area contributed by atoms with Crippen molar-refractivity contribution in [1.29, 1.82) is 0 Å². The van der Waals surface area contributed by atoms with Crippen molar-refractivity contribution in [3.8, 4) is 5.75 Å². The summed E-state index contributed by atoms with van der Waals surface area (Å²) in [5, 5.41) is 3.96. The average Bonchev–Trinajstić information content (AvgIpc) is 2.74. The molecule has 162 valence electrons. The van der Waals surface area contributed by atoms with Gasteiger partial charge in [0.15, 0.2) is 5.11 Å². The fourth-order valence-electron chi connectivity index (χ4n) is 3.58.